The second-order valence-corrected chi connectivity index (χ2v) is 9.53. The third kappa shape index (κ3) is 10.1. The van der Waals surface area contributed by atoms with Gasteiger partial charge in [-0.2, -0.15) is 0 Å². The number of aryl methyl sites for hydroxylation is 1. The fraction of sp³-hybridized carbons (Fsp3) is 0.571. The van der Waals surface area contributed by atoms with Crippen molar-refractivity contribution in [3.63, 3.8) is 0 Å². The highest BCUT2D eigenvalue weighted by molar-refractivity contribution is 5.46. The molecule has 4 heteroatoms. The Morgan fingerprint density at radius 1 is 1.03 bits per heavy atom. The Morgan fingerprint density at radius 3 is 2.31 bits per heavy atom. The van der Waals surface area contributed by atoms with Crippen LogP contribution in [0.4, 0.5) is 0 Å². The minimum atomic E-state index is -1.06. The fourth-order valence-electron chi connectivity index (χ4n) is 3.62. The first-order valence-corrected chi connectivity index (χ1v) is 11.7. The monoisotopic (exact) mass is 444 g/mol. The highest BCUT2D eigenvalue weighted by Gasteiger charge is 2.28. The summed E-state index contributed by atoms with van der Waals surface area (Å²) in [6.07, 6.45) is 11.0. The van der Waals surface area contributed by atoms with Crippen molar-refractivity contribution in [3.05, 3.63) is 58.2 Å². The Labute approximate surface area is 195 Å². The number of rotatable bonds is 13. The standard InChI is InChI=1S/C28H44O4/c1-20(2)10-9-17-28(6,31)26(29)16-14-22(4)12-8-11-21(3)13-15-24-19-25(32-7)18-23(5)27(24)30/h10,12-13,18-19,26,29-31H,8-9,11,14-17H2,1-7H3. The first-order chi connectivity index (χ1) is 15.0. The van der Waals surface area contributed by atoms with Gasteiger partial charge < -0.3 is 20.1 Å². The zero-order valence-corrected chi connectivity index (χ0v) is 21.2. The Hall–Kier alpha value is -2.04. The van der Waals surface area contributed by atoms with Crippen molar-refractivity contribution >= 4 is 0 Å². The molecule has 0 saturated carbocycles. The van der Waals surface area contributed by atoms with Gasteiger partial charge in [-0.25, -0.2) is 0 Å². The predicted octanol–water partition coefficient (Wildman–Crippen LogP) is 6.56. The first kappa shape index (κ1) is 28.0. The van der Waals surface area contributed by atoms with Gasteiger partial charge in [0.1, 0.15) is 11.5 Å². The van der Waals surface area contributed by atoms with Crippen molar-refractivity contribution in [3.8, 4) is 11.5 Å². The van der Waals surface area contributed by atoms with Gasteiger partial charge in [-0.3, -0.25) is 0 Å². The van der Waals surface area contributed by atoms with Crippen LogP contribution in [0.25, 0.3) is 0 Å². The number of aromatic hydroxyl groups is 1. The van der Waals surface area contributed by atoms with Crippen molar-refractivity contribution in [1.82, 2.24) is 0 Å². The Bertz CT molecular complexity index is 811. The summed E-state index contributed by atoms with van der Waals surface area (Å²) in [5.41, 5.74) is 4.37. The zero-order chi connectivity index (χ0) is 24.3. The van der Waals surface area contributed by atoms with Gasteiger partial charge in [0.25, 0.3) is 0 Å². The van der Waals surface area contributed by atoms with E-state index in [0.29, 0.717) is 25.0 Å². The predicted molar refractivity (Wildman–Crippen MR) is 134 cm³/mol. The fourth-order valence-corrected chi connectivity index (χ4v) is 3.62. The molecule has 0 spiro atoms. The molecule has 1 aromatic rings. The Balaban J connectivity index is 2.50. The first-order valence-electron chi connectivity index (χ1n) is 11.7. The number of aliphatic hydroxyl groups is 2. The van der Waals surface area contributed by atoms with Gasteiger partial charge >= 0.3 is 0 Å². The van der Waals surface area contributed by atoms with E-state index >= 15 is 0 Å². The van der Waals surface area contributed by atoms with Gasteiger partial charge in [-0.05, 0) is 104 Å². The minimum Gasteiger partial charge on any atom is -0.507 e. The number of aliphatic hydroxyl groups excluding tert-OH is 1. The van der Waals surface area contributed by atoms with E-state index in [0.717, 1.165) is 42.6 Å². The minimum absolute atomic E-state index is 0.334. The van der Waals surface area contributed by atoms with E-state index in [-0.39, 0.29) is 0 Å². The third-order valence-corrected chi connectivity index (χ3v) is 6.02. The summed E-state index contributed by atoms with van der Waals surface area (Å²) >= 11 is 0. The van der Waals surface area contributed by atoms with E-state index in [2.05, 4.69) is 32.1 Å². The van der Waals surface area contributed by atoms with E-state index in [1.54, 1.807) is 14.0 Å². The topological polar surface area (TPSA) is 69.9 Å². The smallest absolute Gasteiger partial charge is 0.122 e. The lowest BCUT2D eigenvalue weighted by molar-refractivity contribution is -0.0691. The average molecular weight is 445 g/mol. The van der Waals surface area contributed by atoms with Crippen LogP contribution in [0.15, 0.2) is 47.1 Å². The number of phenolic OH excluding ortho intramolecular Hbond substituents is 1. The summed E-state index contributed by atoms with van der Waals surface area (Å²) in [5, 5.41) is 31.3. The largest absolute Gasteiger partial charge is 0.507 e. The number of hydrogen-bond donors (Lipinski definition) is 3. The second kappa shape index (κ2) is 13.5. The second-order valence-electron chi connectivity index (χ2n) is 9.53. The molecule has 0 aliphatic carbocycles. The maximum absolute atomic E-state index is 10.5. The number of hydrogen-bond acceptors (Lipinski definition) is 4. The molecule has 0 aliphatic rings. The maximum Gasteiger partial charge on any atom is 0.122 e. The molecule has 2 atom stereocenters. The number of benzene rings is 1. The lowest BCUT2D eigenvalue weighted by Crippen LogP contribution is -2.39. The highest BCUT2D eigenvalue weighted by Crippen LogP contribution is 2.29. The maximum atomic E-state index is 10.5. The molecule has 0 saturated heterocycles. The van der Waals surface area contributed by atoms with Crippen LogP contribution in [0.5, 0.6) is 11.5 Å². The van der Waals surface area contributed by atoms with Crippen molar-refractivity contribution in [1.29, 1.82) is 0 Å². The van der Waals surface area contributed by atoms with E-state index in [1.165, 1.54) is 16.7 Å². The van der Waals surface area contributed by atoms with Crippen molar-refractivity contribution in [2.75, 3.05) is 7.11 Å². The van der Waals surface area contributed by atoms with E-state index in [1.807, 2.05) is 32.9 Å². The molecule has 0 heterocycles. The van der Waals surface area contributed by atoms with Crippen LogP contribution in [0, 0.1) is 6.92 Å². The molecule has 2 unspecified atom stereocenters. The summed E-state index contributed by atoms with van der Waals surface area (Å²) in [7, 11) is 1.63. The van der Waals surface area contributed by atoms with Gasteiger partial charge in [0.05, 0.1) is 18.8 Å². The molecule has 0 bridgehead atoms. The molecule has 3 N–H and O–H groups in total. The van der Waals surface area contributed by atoms with Crippen LogP contribution < -0.4 is 4.74 Å². The molecule has 0 fully saturated rings. The van der Waals surface area contributed by atoms with Gasteiger partial charge in [0.15, 0.2) is 0 Å². The van der Waals surface area contributed by atoms with Gasteiger partial charge in [0.2, 0.25) is 0 Å². The third-order valence-electron chi connectivity index (χ3n) is 6.02. The summed E-state index contributed by atoms with van der Waals surface area (Å²) in [5.74, 6) is 1.10. The molecular formula is C28H44O4. The van der Waals surface area contributed by atoms with Crippen molar-refractivity contribution in [2.24, 2.45) is 0 Å². The highest BCUT2D eigenvalue weighted by atomic mass is 16.5. The quantitative estimate of drug-likeness (QED) is 0.301. The van der Waals surface area contributed by atoms with Crippen LogP contribution in [0.2, 0.25) is 0 Å². The Kier molecular flexibility index (Phi) is 11.8. The molecule has 32 heavy (non-hydrogen) atoms. The summed E-state index contributed by atoms with van der Waals surface area (Å²) < 4.78 is 5.30. The van der Waals surface area contributed by atoms with Crippen molar-refractivity contribution < 1.29 is 20.1 Å². The lowest BCUT2D eigenvalue weighted by atomic mass is 9.89. The number of phenols is 1. The molecule has 1 rings (SSSR count). The zero-order valence-electron chi connectivity index (χ0n) is 21.2. The number of ether oxygens (including phenoxy) is 1. The molecule has 0 radical (unpaired) electrons. The van der Waals surface area contributed by atoms with Gasteiger partial charge in [-0.1, -0.05) is 34.9 Å². The number of methoxy groups -OCH3 is 1. The van der Waals surface area contributed by atoms with Gasteiger partial charge in [-0.15, -0.1) is 0 Å². The summed E-state index contributed by atoms with van der Waals surface area (Å²) in [4.78, 5) is 0. The average Bonchev–Trinajstić information content (AvgIpc) is 2.72. The normalized spacial score (nSPS) is 15.3. The molecule has 1 aromatic carbocycles. The molecule has 0 amide bonds. The molecule has 4 nitrogen and oxygen atoms in total. The van der Waals surface area contributed by atoms with Crippen LogP contribution in [0.3, 0.4) is 0 Å². The van der Waals surface area contributed by atoms with Crippen LogP contribution in [-0.2, 0) is 6.42 Å². The van der Waals surface area contributed by atoms with Gasteiger partial charge in [0, 0.05) is 5.56 Å². The molecule has 0 aliphatic heterocycles. The number of allylic oxidation sites excluding steroid dienone is 6. The lowest BCUT2D eigenvalue weighted by Gasteiger charge is -2.29. The van der Waals surface area contributed by atoms with Crippen LogP contribution >= 0.6 is 0 Å². The SMILES string of the molecule is COc1cc(C)c(O)c(CC=C(C)CCC=C(C)CCC(O)C(C)(O)CCC=C(C)C)c1. The van der Waals surface area contributed by atoms with E-state index in [4.69, 9.17) is 4.74 Å². The van der Waals surface area contributed by atoms with Crippen LogP contribution in [-0.4, -0.2) is 34.1 Å². The van der Waals surface area contributed by atoms with Crippen molar-refractivity contribution in [2.45, 2.75) is 98.2 Å². The molecule has 180 valence electrons. The van der Waals surface area contributed by atoms with E-state index in [9.17, 15) is 15.3 Å². The molecular weight excluding hydrogens is 400 g/mol. The van der Waals surface area contributed by atoms with E-state index < -0.39 is 11.7 Å². The molecule has 0 aromatic heterocycles. The van der Waals surface area contributed by atoms with Crippen LogP contribution in [0.1, 0.15) is 84.3 Å². The summed E-state index contributed by atoms with van der Waals surface area (Å²) in [6.45, 7) is 11.9. The summed E-state index contributed by atoms with van der Waals surface area (Å²) in [6, 6.07) is 3.72. The Morgan fingerprint density at radius 2 is 1.69 bits per heavy atom.